The van der Waals surface area contributed by atoms with Crippen LogP contribution in [0.2, 0.25) is 5.02 Å². The largest absolute Gasteiger partial charge is 0.349 e. The number of aryl methyl sites for hydroxylation is 1. The Morgan fingerprint density at radius 1 is 1.07 bits per heavy atom. The molecule has 0 aliphatic rings. The predicted molar refractivity (Wildman–Crippen MR) is 118 cm³/mol. The standard InChI is InChI=1S/C16H16ClN3O2.C6H14/c1-2-10-20-11-9-14(19-16(20)22)18-15(21)8-5-12-3-6-13(17)7-4-12;1-3-5-6-4-2/h3-9,11H,2,10H2,1H3,(H,18,19,21,22);3-6H2,1-2H3/b8-5+;. The molecule has 28 heavy (non-hydrogen) atoms. The lowest BCUT2D eigenvalue weighted by molar-refractivity contribution is -0.111. The summed E-state index contributed by atoms with van der Waals surface area (Å²) in [6, 6.07) is 8.69. The van der Waals surface area contributed by atoms with Gasteiger partial charge in [0.2, 0.25) is 5.91 Å². The number of halogens is 1. The van der Waals surface area contributed by atoms with Crippen molar-refractivity contribution < 1.29 is 4.79 Å². The van der Waals surface area contributed by atoms with Gasteiger partial charge in [0.1, 0.15) is 5.82 Å². The number of amides is 1. The van der Waals surface area contributed by atoms with Crippen LogP contribution in [-0.2, 0) is 11.3 Å². The molecule has 0 saturated heterocycles. The van der Waals surface area contributed by atoms with E-state index >= 15 is 0 Å². The van der Waals surface area contributed by atoms with Gasteiger partial charge >= 0.3 is 5.69 Å². The van der Waals surface area contributed by atoms with Crippen molar-refractivity contribution in [3.63, 3.8) is 0 Å². The van der Waals surface area contributed by atoms with Gasteiger partial charge < -0.3 is 5.32 Å². The molecule has 5 nitrogen and oxygen atoms in total. The van der Waals surface area contributed by atoms with Crippen molar-refractivity contribution in [2.24, 2.45) is 0 Å². The number of carbonyl (C=O) groups is 1. The van der Waals surface area contributed by atoms with Gasteiger partial charge in [-0.3, -0.25) is 9.36 Å². The van der Waals surface area contributed by atoms with Crippen molar-refractivity contribution in [1.29, 1.82) is 0 Å². The van der Waals surface area contributed by atoms with Gasteiger partial charge in [0, 0.05) is 23.8 Å². The first-order valence-corrected chi connectivity index (χ1v) is 10.2. The number of nitrogens with zero attached hydrogens (tertiary/aromatic N) is 2. The zero-order valence-corrected chi connectivity index (χ0v) is 17.7. The number of carbonyl (C=O) groups excluding carboxylic acids is 1. The number of hydrogen-bond donors (Lipinski definition) is 1. The first kappa shape index (κ1) is 23.6. The highest BCUT2D eigenvalue weighted by Gasteiger charge is 2.02. The predicted octanol–water partition coefficient (Wildman–Crippen LogP) is 5.55. The highest BCUT2D eigenvalue weighted by atomic mass is 35.5. The number of aromatic nitrogens is 2. The van der Waals surface area contributed by atoms with Gasteiger partial charge in [0.25, 0.3) is 0 Å². The molecule has 1 amide bonds. The summed E-state index contributed by atoms with van der Waals surface area (Å²) in [6.45, 7) is 7.05. The second kappa shape index (κ2) is 13.7. The minimum Gasteiger partial charge on any atom is -0.307 e. The summed E-state index contributed by atoms with van der Waals surface area (Å²) in [5, 5.41) is 3.19. The Hall–Kier alpha value is -2.40. The topological polar surface area (TPSA) is 64.0 Å². The van der Waals surface area contributed by atoms with Gasteiger partial charge in [0.15, 0.2) is 0 Å². The Labute approximate surface area is 172 Å². The van der Waals surface area contributed by atoms with E-state index in [0.29, 0.717) is 11.6 Å². The second-order valence-electron chi connectivity index (χ2n) is 6.37. The van der Waals surface area contributed by atoms with Crippen LogP contribution in [0.3, 0.4) is 0 Å². The van der Waals surface area contributed by atoms with E-state index in [4.69, 9.17) is 11.6 Å². The number of unbranched alkanes of at least 4 members (excludes halogenated alkanes) is 3. The molecule has 0 bridgehead atoms. The normalized spacial score (nSPS) is 10.4. The second-order valence-corrected chi connectivity index (χ2v) is 6.81. The van der Waals surface area contributed by atoms with Crippen molar-refractivity contribution in [2.45, 2.75) is 59.4 Å². The molecular weight excluding hydrogens is 374 g/mol. The average molecular weight is 404 g/mol. The molecule has 0 unspecified atom stereocenters. The maximum absolute atomic E-state index is 11.8. The molecule has 0 aliphatic carbocycles. The van der Waals surface area contributed by atoms with Crippen molar-refractivity contribution in [2.75, 3.05) is 5.32 Å². The van der Waals surface area contributed by atoms with Gasteiger partial charge in [-0.15, -0.1) is 0 Å². The molecule has 152 valence electrons. The van der Waals surface area contributed by atoms with Gasteiger partial charge in [-0.2, -0.15) is 4.98 Å². The van der Waals surface area contributed by atoms with E-state index in [0.717, 1.165) is 12.0 Å². The number of anilines is 1. The lowest BCUT2D eigenvalue weighted by atomic mass is 10.2. The number of nitrogens with one attached hydrogen (secondary N) is 1. The molecule has 1 aromatic carbocycles. The van der Waals surface area contributed by atoms with E-state index in [-0.39, 0.29) is 17.4 Å². The minimum atomic E-state index is -0.374. The molecule has 0 aliphatic heterocycles. The van der Waals surface area contributed by atoms with Crippen molar-refractivity contribution in [3.05, 3.63) is 63.7 Å². The Morgan fingerprint density at radius 3 is 2.25 bits per heavy atom. The molecule has 6 heteroatoms. The SMILES string of the molecule is CCCCCC.CCCn1ccc(NC(=O)/C=C/c2ccc(Cl)cc2)nc1=O. The van der Waals surface area contributed by atoms with Crippen LogP contribution in [0.15, 0.2) is 47.4 Å². The van der Waals surface area contributed by atoms with Crippen molar-refractivity contribution >= 4 is 29.4 Å². The Balaban J connectivity index is 0.000000568. The average Bonchev–Trinajstić information content (AvgIpc) is 2.68. The fourth-order valence-electron chi connectivity index (χ4n) is 2.32. The third-order valence-corrected chi connectivity index (χ3v) is 4.10. The highest BCUT2D eigenvalue weighted by Crippen LogP contribution is 2.10. The zero-order valence-electron chi connectivity index (χ0n) is 17.0. The van der Waals surface area contributed by atoms with Gasteiger partial charge in [-0.25, -0.2) is 4.79 Å². The molecule has 0 radical (unpaired) electrons. The lowest BCUT2D eigenvalue weighted by Gasteiger charge is -2.04. The molecular formula is C22H30ClN3O2. The van der Waals surface area contributed by atoms with Crippen LogP contribution in [0.25, 0.3) is 6.08 Å². The molecule has 1 heterocycles. The van der Waals surface area contributed by atoms with Gasteiger partial charge in [0.05, 0.1) is 0 Å². The monoisotopic (exact) mass is 403 g/mol. The molecule has 1 N–H and O–H groups in total. The van der Waals surface area contributed by atoms with Gasteiger partial charge in [-0.05, 0) is 36.3 Å². The Bertz CT molecular complexity index is 794. The summed E-state index contributed by atoms with van der Waals surface area (Å²) in [5.41, 5.74) is 0.479. The number of hydrogen-bond acceptors (Lipinski definition) is 3. The van der Waals surface area contributed by atoms with E-state index in [2.05, 4.69) is 24.1 Å². The molecule has 2 rings (SSSR count). The summed E-state index contributed by atoms with van der Waals surface area (Å²) in [4.78, 5) is 27.3. The van der Waals surface area contributed by atoms with Crippen LogP contribution in [0.4, 0.5) is 5.82 Å². The summed E-state index contributed by atoms with van der Waals surface area (Å²) in [6.07, 6.45) is 11.0. The van der Waals surface area contributed by atoms with E-state index in [9.17, 15) is 9.59 Å². The molecule has 0 atom stereocenters. The molecule has 0 saturated carbocycles. The summed E-state index contributed by atoms with van der Waals surface area (Å²) in [5.74, 6) is -0.113. The maximum atomic E-state index is 11.8. The highest BCUT2D eigenvalue weighted by molar-refractivity contribution is 6.30. The van der Waals surface area contributed by atoms with E-state index in [1.54, 1.807) is 42.6 Å². The van der Waals surface area contributed by atoms with Crippen LogP contribution in [0.5, 0.6) is 0 Å². The fraction of sp³-hybridized carbons (Fsp3) is 0.409. The Kier molecular flexibility index (Phi) is 11.6. The molecule has 0 spiro atoms. The summed E-state index contributed by atoms with van der Waals surface area (Å²) in [7, 11) is 0. The van der Waals surface area contributed by atoms with Crippen molar-refractivity contribution in [3.8, 4) is 0 Å². The number of rotatable bonds is 8. The smallest absolute Gasteiger partial charge is 0.307 e. The molecule has 1 aromatic heterocycles. The molecule has 0 fully saturated rings. The van der Waals surface area contributed by atoms with Crippen LogP contribution >= 0.6 is 11.6 Å². The first-order chi connectivity index (χ1) is 13.5. The number of benzene rings is 1. The lowest BCUT2D eigenvalue weighted by Crippen LogP contribution is -2.24. The van der Waals surface area contributed by atoms with Crippen molar-refractivity contribution in [1.82, 2.24) is 9.55 Å². The van der Waals surface area contributed by atoms with Gasteiger partial charge in [-0.1, -0.05) is 70.2 Å². The zero-order chi connectivity index (χ0) is 20.8. The maximum Gasteiger partial charge on any atom is 0.349 e. The first-order valence-electron chi connectivity index (χ1n) is 9.82. The summed E-state index contributed by atoms with van der Waals surface area (Å²) < 4.78 is 1.50. The third-order valence-electron chi connectivity index (χ3n) is 3.84. The quantitative estimate of drug-likeness (QED) is 0.464. The van der Waals surface area contributed by atoms with E-state index < -0.39 is 0 Å². The van der Waals surface area contributed by atoms with Crippen LogP contribution in [-0.4, -0.2) is 15.5 Å². The van der Waals surface area contributed by atoms with Crippen LogP contribution < -0.4 is 11.0 Å². The van der Waals surface area contributed by atoms with Crippen LogP contribution in [0, 0.1) is 0 Å². The molecule has 2 aromatic rings. The third kappa shape index (κ3) is 9.51. The van der Waals surface area contributed by atoms with E-state index in [1.807, 2.05) is 6.92 Å². The minimum absolute atomic E-state index is 0.239. The summed E-state index contributed by atoms with van der Waals surface area (Å²) >= 11 is 5.79. The van der Waals surface area contributed by atoms with E-state index in [1.165, 1.54) is 36.3 Å². The van der Waals surface area contributed by atoms with Crippen LogP contribution in [0.1, 0.15) is 58.4 Å². The fourth-order valence-corrected chi connectivity index (χ4v) is 2.45. The Morgan fingerprint density at radius 2 is 1.71 bits per heavy atom.